The zero-order valence-corrected chi connectivity index (χ0v) is 11.8. The molecular formula is C17H16BNO. The summed E-state index contributed by atoms with van der Waals surface area (Å²) >= 11 is 0. The van der Waals surface area contributed by atoms with Gasteiger partial charge >= 0.3 is 0 Å². The molecule has 1 heterocycles. The minimum absolute atomic E-state index is 0.651. The third-order valence-corrected chi connectivity index (χ3v) is 4.01. The number of hydrogen-bond donors (Lipinski definition) is 0. The van der Waals surface area contributed by atoms with E-state index >= 15 is 0 Å². The lowest BCUT2D eigenvalue weighted by Gasteiger charge is -2.11. The van der Waals surface area contributed by atoms with E-state index < -0.39 is 0 Å². The highest BCUT2D eigenvalue weighted by molar-refractivity contribution is 6.73. The molecule has 0 saturated carbocycles. The van der Waals surface area contributed by atoms with Crippen LogP contribution in [0.3, 0.4) is 0 Å². The predicted molar refractivity (Wildman–Crippen MR) is 83.7 cm³/mol. The zero-order chi connectivity index (χ0) is 14.1. The first kappa shape index (κ1) is 12.8. The second kappa shape index (κ2) is 5.05. The number of benzene rings is 2. The van der Waals surface area contributed by atoms with Crippen LogP contribution in [-0.4, -0.2) is 6.71 Å². The first-order valence-corrected chi connectivity index (χ1v) is 6.96. The summed E-state index contributed by atoms with van der Waals surface area (Å²) in [6.07, 6.45) is 2.38. The van der Waals surface area contributed by atoms with Crippen LogP contribution in [0.2, 0.25) is 13.1 Å². The Morgan fingerprint density at radius 2 is 2.05 bits per heavy atom. The van der Waals surface area contributed by atoms with Crippen LogP contribution < -0.4 is 10.2 Å². The average Bonchev–Trinajstić information content (AvgIpc) is 2.82. The van der Waals surface area contributed by atoms with Crippen LogP contribution in [0.1, 0.15) is 11.1 Å². The third kappa shape index (κ3) is 2.30. The fourth-order valence-electron chi connectivity index (χ4n) is 2.81. The van der Waals surface area contributed by atoms with Crippen molar-refractivity contribution < 1.29 is 4.74 Å². The van der Waals surface area contributed by atoms with E-state index in [9.17, 15) is 0 Å². The second-order valence-electron chi connectivity index (χ2n) is 5.46. The molecule has 0 saturated heterocycles. The molecule has 2 aromatic rings. The standard InChI is InChI=1S/C17H16BNO/c1-12-10-14(19-3)4-7-17(12)20-15-5-6-16-13(11-15)8-9-18(16)2/h4-7,10-11H,8-9H2,1-2H3. The van der Waals surface area contributed by atoms with E-state index in [1.54, 1.807) is 6.07 Å². The molecule has 0 N–H and O–H groups in total. The van der Waals surface area contributed by atoms with Crippen LogP contribution in [0.25, 0.3) is 4.85 Å². The van der Waals surface area contributed by atoms with Crippen LogP contribution in [-0.2, 0) is 6.42 Å². The van der Waals surface area contributed by atoms with Gasteiger partial charge in [0, 0.05) is 0 Å². The molecule has 0 aliphatic carbocycles. The van der Waals surface area contributed by atoms with Gasteiger partial charge in [0.25, 0.3) is 0 Å². The van der Waals surface area contributed by atoms with Gasteiger partial charge in [-0.1, -0.05) is 36.3 Å². The Hall–Kier alpha value is -2.21. The zero-order valence-electron chi connectivity index (χ0n) is 11.8. The largest absolute Gasteiger partial charge is 0.457 e. The van der Waals surface area contributed by atoms with Crippen molar-refractivity contribution in [3.8, 4) is 11.5 Å². The van der Waals surface area contributed by atoms with Crippen LogP contribution in [0, 0.1) is 13.5 Å². The van der Waals surface area contributed by atoms with Gasteiger partial charge < -0.3 is 4.74 Å². The van der Waals surface area contributed by atoms with Crippen LogP contribution in [0.15, 0.2) is 36.4 Å². The molecule has 1 aliphatic rings. The van der Waals surface area contributed by atoms with Crippen molar-refractivity contribution in [1.82, 2.24) is 0 Å². The molecule has 0 aromatic heterocycles. The lowest BCUT2D eigenvalue weighted by molar-refractivity contribution is 0.478. The second-order valence-corrected chi connectivity index (χ2v) is 5.46. The Morgan fingerprint density at radius 3 is 2.80 bits per heavy atom. The number of nitrogens with zero attached hydrogens (tertiary/aromatic N) is 1. The summed E-state index contributed by atoms with van der Waals surface area (Å²) in [5.41, 5.74) is 4.51. The van der Waals surface area contributed by atoms with Crippen molar-refractivity contribution in [2.24, 2.45) is 0 Å². The number of rotatable bonds is 2. The van der Waals surface area contributed by atoms with Crippen LogP contribution in [0.5, 0.6) is 11.5 Å². The van der Waals surface area contributed by atoms with Crippen molar-refractivity contribution in [1.29, 1.82) is 0 Å². The number of hydrogen-bond acceptors (Lipinski definition) is 1. The average molecular weight is 261 g/mol. The minimum Gasteiger partial charge on any atom is -0.457 e. The summed E-state index contributed by atoms with van der Waals surface area (Å²) in [6.45, 7) is 11.9. The maximum Gasteiger partial charge on any atom is 0.187 e. The highest BCUT2D eigenvalue weighted by atomic mass is 16.5. The van der Waals surface area contributed by atoms with Gasteiger partial charge in [0.05, 0.1) is 6.57 Å². The van der Waals surface area contributed by atoms with E-state index in [0.717, 1.165) is 23.5 Å². The van der Waals surface area contributed by atoms with Gasteiger partial charge in [-0.15, -0.1) is 0 Å². The predicted octanol–water partition coefficient (Wildman–Crippen LogP) is 4.23. The van der Waals surface area contributed by atoms with Gasteiger partial charge in [0.1, 0.15) is 11.5 Å². The summed E-state index contributed by atoms with van der Waals surface area (Å²) in [6, 6.07) is 11.9. The SMILES string of the molecule is [C-]#[N+]c1ccc(Oc2ccc3c(c2)CCB3C)c(C)c1. The maximum absolute atomic E-state index is 7.02. The highest BCUT2D eigenvalue weighted by Crippen LogP contribution is 2.29. The topological polar surface area (TPSA) is 13.6 Å². The lowest BCUT2D eigenvalue weighted by Crippen LogP contribution is -2.21. The van der Waals surface area contributed by atoms with Gasteiger partial charge in [0.2, 0.25) is 0 Å². The Morgan fingerprint density at radius 1 is 1.20 bits per heavy atom. The quantitative estimate of drug-likeness (QED) is 0.582. The molecule has 2 aromatic carbocycles. The Labute approximate surface area is 120 Å². The van der Waals surface area contributed by atoms with E-state index in [2.05, 4.69) is 23.8 Å². The highest BCUT2D eigenvalue weighted by Gasteiger charge is 2.21. The molecule has 0 radical (unpaired) electrons. The number of aryl methyl sites for hydroxylation is 2. The Balaban J connectivity index is 1.87. The molecule has 98 valence electrons. The molecule has 20 heavy (non-hydrogen) atoms. The maximum atomic E-state index is 7.02. The molecule has 1 aliphatic heterocycles. The molecule has 0 unspecified atom stereocenters. The summed E-state index contributed by atoms with van der Waals surface area (Å²) in [7, 11) is 0. The molecule has 0 amide bonds. The van der Waals surface area contributed by atoms with Gasteiger partial charge in [-0.2, -0.15) is 0 Å². The fourth-order valence-corrected chi connectivity index (χ4v) is 2.81. The smallest absolute Gasteiger partial charge is 0.187 e. The van der Waals surface area contributed by atoms with Gasteiger partial charge in [-0.05, 0) is 43.2 Å². The molecule has 3 heteroatoms. The van der Waals surface area contributed by atoms with Gasteiger partial charge in [-0.3, -0.25) is 0 Å². The van der Waals surface area contributed by atoms with Crippen molar-refractivity contribution in [2.45, 2.75) is 26.5 Å². The van der Waals surface area contributed by atoms with Crippen LogP contribution in [0.4, 0.5) is 5.69 Å². The first-order chi connectivity index (χ1) is 9.67. The molecule has 0 bridgehead atoms. The Kier molecular flexibility index (Phi) is 3.24. The van der Waals surface area contributed by atoms with Crippen LogP contribution >= 0.6 is 0 Å². The van der Waals surface area contributed by atoms with E-state index in [1.165, 1.54) is 17.3 Å². The summed E-state index contributed by atoms with van der Waals surface area (Å²) in [5, 5.41) is 0. The van der Waals surface area contributed by atoms with Crippen molar-refractivity contribution >= 4 is 17.9 Å². The summed E-state index contributed by atoms with van der Waals surface area (Å²) < 4.78 is 5.97. The van der Waals surface area contributed by atoms with E-state index in [-0.39, 0.29) is 0 Å². The molecule has 0 fully saturated rings. The minimum atomic E-state index is 0.651. The van der Waals surface area contributed by atoms with E-state index in [1.807, 2.05) is 25.1 Å². The normalized spacial score (nSPS) is 12.9. The summed E-state index contributed by atoms with van der Waals surface area (Å²) in [5.74, 6) is 1.71. The molecular weight excluding hydrogens is 245 g/mol. The molecule has 3 rings (SSSR count). The fraction of sp³-hybridized carbons (Fsp3) is 0.235. The van der Waals surface area contributed by atoms with Gasteiger partial charge in [0.15, 0.2) is 12.4 Å². The number of fused-ring (bicyclic) bond motifs is 1. The molecule has 0 spiro atoms. The monoisotopic (exact) mass is 261 g/mol. The summed E-state index contributed by atoms with van der Waals surface area (Å²) in [4.78, 5) is 3.43. The van der Waals surface area contributed by atoms with Crippen molar-refractivity contribution in [2.75, 3.05) is 0 Å². The van der Waals surface area contributed by atoms with E-state index in [0.29, 0.717) is 12.4 Å². The van der Waals surface area contributed by atoms with Crippen molar-refractivity contribution in [3.05, 3.63) is 58.9 Å². The van der Waals surface area contributed by atoms with Crippen molar-refractivity contribution in [3.63, 3.8) is 0 Å². The lowest BCUT2D eigenvalue weighted by atomic mass is 9.48. The Bertz CT molecular complexity index is 703. The third-order valence-electron chi connectivity index (χ3n) is 4.01. The van der Waals surface area contributed by atoms with Gasteiger partial charge in [-0.25, -0.2) is 4.85 Å². The van der Waals surface area contributed by atoms with E-state index in [4.69, 9.17) is 11.3 Å². The first-order valence-electron chi connectivity index (χ1n) is 6.96. The molecule has 0 atom stereocenters. The number of ether oxygens (including phenoxy) is 1. The molecule has 2 nitrogen and oxygen atoms in total.